The van der Waals surface area contributed by atoms with Crippen molar-refractivity contribution in [2.75, 3.05) is 32.8 Å². The summed E-state index contributed by atoms with van der Waals surface area (Å²) >= 11 is 0. The Morgan fingerprint density at radius 1 is 1.06 bits per heavy atom. The lowest BCUT2D eigenvalue weighted by Crippen LogP contribution is -2.50. The van der Waals surface area contributed by atoms with Crippen LogP contribution in [0.5, 0.6) is 11.5 Å². The molecule has 2 fully saturated rings. The monoisotopic (exact) mass is 483 g/mol. The lowest BCUT2D eigenvalue weighted by atomic mass is 9.89. The van der Waals surface area contributed by atoms with E-state index in [0.717, 1.165) is 46.4 Å². The quantitative estimate of drug-likeness (QED) is 0.488. The van der Waals surface area contributed by atoms with Gasteiger partial charge in [-0.3, -0.25) is 0 Å². The maximum Gasteiger partial charge on any atom is 0.329 e. The minimum absolute atomic E-state index is 0.251. The lowest BCUT2D eigenvalue weighted by Gasteiger charge is -2.35. The van der Waals surface area contributed by atoms with Gasteiger partial charge in [0.05, 0.1) is 26.9 Å². The third-order valence-corrected chi connectivity index (χ3v) is 7.45. The summed E-state index contributed by atoms with van der Waals surface area (Å²) in [7, 11) is 3.32. The average molecular weight is 484 g/mol. The number of hydrogen-bond acceptors (Lipinski definition) is 6. The molecule has 0 amide bonds. The summed E-state index contributed by atoms with van der Waals surface area (Å²) in [6.45, 7) is 5.36. The predicted octanol–water partition coefficient (Wildman–Crippen LogP) is 5.49. The van der Waals surface area contributed by atoms with Gasteiger partial charge < -0.3 is 29.4 Å². The van der Waals surface area contributed by atoms with E-state index in [0.29, 0.717) is 44.1 Å². The number of carboxylic acid groups (broad SMARTS) is 1. The molecule has 1 saturated heterocycles. The zero-order chi connectivity index (χ0) is 25.0. The van der Waals surface area contributed by atoms with E-state index < -0.39 is 11.5 Å². The van der Waals surface area contributed by atoms with Gasteiger partial charge >= 0.3 is 5.97 Å². The van der Waals surface area contributed by atoms with Gasteiger partial charge in [0.15, 0.2) is 0 Å². The highest BCUT2D eigenvalue weighted by molar-refractivity contribution is 5.85. The molecule has 0 radical (unpaired) electrons. The molecule has 7 nitrogen and oxygen atoms in total. The zero-order valence-electron chi connectivity index (χ0n) is 21.2. The van der Waals surface area contributed by atoms with Crippen LogP contribution >= 0.6 is 0 Å². The van der Waals surface area contributed by atoms with Crippen LogP contribution in [0.25, 0.3) is 11.1 Å². The van der Waals surface area contributed by atoms with Gasteiger partial charge in [-0.2, -0.15) is 0 Å². The number of hydrogen-bond donors (Lipinski definition) is 2. The molecule has 2 aromatic carbocycles. The first kappa shape index (κ1) is 25.3. The summed E-state index contributed by atoms with van der Waals surface area (Å²) in [4.78, 5) is 12.3. The molecule has 2 N–H and O–H groups in total. The largest absolute Gasteiger partial charge is 0.496 e. The minimum atomic E-state index is -1.07. The minimum Gasteiger partial charge on any atom is -0.496 e. The Morgan fingerprint density at radius 3 is 2.37 bits per heavy atom. The van der Waals surface area contributed by atoms with Crippen molar-refractivity contribution in [3.8, 4) is 22.6 Å². The van der Waals surface area contributed by atoms with Crippen molar-refractivity contribution in [3.63, 3.8) is 0 Å². The van der Waals surface area contributed by atoms with Gasteiger partial charge in [0.2, 0.25) is 0 Å². The van der Waals surface area contributed by atoms with Crippen LogP contribution in [0.15, 0.2) is 24.3 Å². The lowest BCUT2D eigenvalue weighted by molar-refractivity contribution is -0.145. The van der Waals surface area contributed by atoms with E-state index >= 15 is 0 Å². The van der Waals surface area contributed by atoms with Crippen molar-refractivity contribution >= 4 is 11.7 Å². The van der Waals surface area contributed by atoms with E-state index in [-0.39, 0.29) is 6.10 Å². The fourth-order valence-electron chi connectivity index (χ4n) is 5.18. The number of anilines is 1. The Labute approximate surface area is 207 Å². The molecule has 7 heteroatoms. The molecule has 1 heterocycles. The Kier molecular flexibility index (Phi) is 7.87. The van der Waals surface area contributed by atoms with E-state index in [1.807, 2.05) is 25.1 Å². The van der Waals surface area contributed by atoms with E-state index in [4.69, 9.17) is 18.9 Å². The number of carboxylic acids is 1. The second-order valence-electron chi connectivity index (χ2n) is 9.68. The van der Waals surface area contributed by atoms with Crippen molar-refractivity contribution in [1.29, 1.82) is 0 Å². The van der Waals surface area contributed by atoms with Gasteiger partial charge in [-0.05, 0) is 61.1 Å². The summed E-state index contributed by atoms with van der Waals surface area (Å²) in [5.41, 5.74) is 4.73. The molecule has 0 bridgehead atoms. The molecule has 190 valence electrons. The van der Waals surface area contributed by atoms with Gasteiger partial charge in [0.1, 0.15) is 17.0 Å². The molecule has 35 heavy (non-hydrogen) atoms. The standard InChI is InChI=1S/C28H37NO6/c1-18-13-20(15-24(32-3)19(18)2)26-21(17-35-23-7-5-6-8-23)14-22(16-25(26)33-4)29-28(27(30)31)9-11-34-12-10-28/h13-16,23,29H,5-12,17H2,1-4H3,(H,30,31). The second kappa shape index (κ2) is 10.9. The molecule has 0 spiro atoms. The Balaban J connectivity index is 1.78. The summed E-state index contributed by atoms with van der Waals surface area (Å²) in [6, 6.07) is 8.06. The first-order valence-corrected chi connectivity index (χ1v) is 12.4. The van der Waals surface area contributed by atoms with Gasteiger partial charge in [0.25, 0.3) is 0 Å². The number of methoxy groups -OCH3 is 2. The van der Waals surface area contributed by atoms with Crippen LogP contribution in [0, 0.1) is 13.8 Å². The highest BCUT2D eigenvalue weighted by atomic mass is 16.5. The molecular formula is C28H37NO6. The van der Waals surface area contributed by atoms with E-state index in [1.54, 1.807) is 14.2 Å². The Hall–Kier alpha value is -2.77. The van der Waals surface area contributed by atoms with Gasteiger partial charge in [-0.15, -0.1) is 0 Å². The van der Waals surface area contributed by atoms with Crippen LogP contribution in [0.2, 0.25) is 0 Å². The van der Waals surface area contributed by atoms with Crippen molar-refractivity contribution in [2.24, 2.45) is 0 Å². The topological polar surface area (TPSA) is 86.3 Å². The molecule has 0 aromatic heterocycles. The molecule has 2 aliphatic rings. The molecule has 1 saturated carbocycles. The number of aryl methyl sites for hydroxylation is 1. The number of benzene rings is 2. The summed E-state index contributed by atoms with van der Waals surface area (Å²) < 4.78 is 23.3. The fourth-order valence-corrected chi connectivity index (χ4v) is 5.18. The molecule has 2 aromatic rings. The van der Waals surface area contributed by atoms with Gasteiger partial charge in [-0.1, -0.05) is 18.9 Å². The molecule has 4 rings (SSSR count). The first-order chi connectivity index (χ1) is 16.9. The van der Waals surface area contributed by atoms with Crippen LogP contribution in [0.1, 0.15) is 55.2 Å². The van der Waals surface area contributed by atoms with Crippen LogP contribution in [0.3, 0.4) is 0 Å². The molecule has 1 aliphatic heterocycles. The van der Waals surface area contributed by atoms with Crippen LogP contribution in [-0.2, 0) is 20.9 Å². The zero-order valence-corrected chi connectivity index (χ0v) is 21.2. The third kappa shape index (κ3) is 5.41. The SMILES string of the molecule is COc1cc(-c2c(COC3CCCC3)cc(NC3(C(=O)O)CCOCC3)cc2OC)cc(C)c1C. The molecular weight excluding hydrogens is 446 g/mol. The second-order valence-corrected chi connectivity index (χ2v) is 9.68. The predicted molar refractivity (Wildman–Crippen MR) is 136 cm³/mol. The van der Waals surface area contributed by atoms with Crippen molar-refractivity contribution < 1.29 is 28.8 Å². The normalized spacial score (nSPS) is 17.8. The average Bonchev–Trinajstić information content (AvgIpc) is 3.38. The number of rotatable bonds is 9. The van der Waals surface area contributed by atoms with E-state index in [9.17, 15) is 9.90 Å². The smallest absolute Gasteiger partial charge is 0.329 e. The van der Waals surface area contributed by atoms with Crippen LogP contribution in [0.4, 0.5) is 5.69 Å². The van der Waals surface area contributed by atoms with Crippen molar-refractivity contribution in [3.05, 3.63) is 41.0 Å². The highest BCUT2D eigenvalue weighted by Crippen LogP contribution is 2.41. The highest BCUT2D eigenvalue weighted by Gasteiger charge is 2.40. The van der Waals surface area contributed by atoms with E-state index in [1.165, 1.54) is 12.8 Å². The van der Waals surface area contributed by atoms with Gasteiger partial charge in [-0.25, -0.2) is 4.79 Å². The van der Waals surface area contributed by atoms with E-state index in [2.05, 4.69) is 18.3 Å². The Bertz CT molecular complexity index is 1050. The summed E-state index contributed by atoms with van der Waals surface area (Å²) in [6.07, 6.45) is 5.58. The summed E-state index contributed by atoms with van der Waals surface area (Å²) in [5, 5.41) is 13.4. The first-order valence-electron chi connectivity index (χ1n) is 12.4. The third-order valence-electron chi connectivity index (χ3n) is 7.45. The molecule has 0 atom stereocenters. The maximum atomic E-state index is 12.3. The van der Waals surface area contributed by atoms with Crippen molar-refractivity contribution in [2.45, 2.75) is 70.6 Å². The summed E-state index contributed by atoms with van der Waals surface area (Å²) in [5.74, 6) is 0.614. The molecule has 1 aliphatic carbocycles. The maximum absolute atomic E-state index is 12.3. The number of nitrogens with one attached hydrogen (secondary N) is 1. The number of carbonyl (C=O) groups is 1. The van der Waals surface area contributed by atoms with Crippen LogP contribution in [-0.4, -0.2) is 50.2 Å². The Morgan fingerprint density at radius 2 is 1.74 bits per heavy atom. The number of aliphatic carboxylic acids is 1. The van der Waals surface area contributed by atoms with Crippen molar-refractivity contribution in [1.82, 2.24) is 0 Å². The number of ether oxygens (including phenoxy) is 4. The van der Waals surface area contributed by atoms with Gasteiger partial charge in [0, 0.05) is 43.4 Å². The van der Waals surface area contributed by atoms with Crippen LogP contribution < -0.4 is 14.8 Å². The molecule has 0 unspecified atom stereocenters. The fraction of sp³-hybridized carbons (Fsp3) is 0.536.